The van der Waals surface area contributed by atoms with Crippen molar-refractivity contribution >= 4 is 5.91 Å². The van der Waals surface area contributed by atoms with Crippen molar-refractivity contribution in [3.05, 3.63) is 0 Å². The normalized spacial score (nSPS) is 20.4. The van der Waals surface area contributed by atoms with Crippen LogP contribution in [0.2, 0.25) is 0 Å². The van der Waals surface area contributed by atoms with Gasteiger partial charge in [0.1, 0.15) is 0 Å². The molecule has 0 spiro atoms. The average Bonchev–Trinajstić information content (AvgIpc) is 3.05. The highest BCUT2D eigenvalue weighted by Crippen LogP contribution is 2.35. The van der Waals surface area contributed by atoms with Gasteiger partial charge in [0, 0.05) is 31.1 Å². The van der Waals surface area contributed by atoms with E-state index in [1.165, 1.54) is 25.7 Å². The molecule has 0 heterocycles. The lowest BCUT2D eigenvalue weighted by Gasteiger charge is -2.24. The number of hydrogen-bond donors (Lipinski definition) is 1. The Morgan fingerprint density at radius 2 is 1.88 bits per heavy atom. The summed E-state index contributed by atoms with van der Waals surface area (Å²) in [6.45, 7) is 8.25. The van der Waals surface area contributed by atoms with Gasteiger partial charge in [0.05, 0.1) is 0 Å². The van der Waals surface area contributed by atoms with E-state index in [2.05, 4.69) is 31.0 Å². The molecular weight excluding hydrogens is 212 g/mol. The monoisotopic (exact) mass is 238 g/mol. The minimum atomic E-state index is 0.112. The number of nitrogens with zero attached hydrogens (tertiary/aromatic N) is 1. The Hall–Kier alpha value is -0.570. The maximum absolute atomic E-state index is 12.2. The third-order valence-corrected chi connectivity index (χ3v) is 3.45. The van der Waals surface area contributed by atoms with Crippen molar-refractivity contribution in [1.82, 2.24) is 10.2 Å². The highest BCUT2D eigenvalue weighted by molar-refractivity contribution is 5.77. The molecule has 2 aliphatic rings. The van der Waals surface area contributed by atoms with Crippen LogP contribution < -0.4 is 5.32 Å². The summed E-state index contributed by atoms with van der Waals surface area (Å²) in [6.07, 6.45) is 5.77. The molecule has 98 valence electrons. The fraction of sp³-hybridized carbons (Fsp3) is 0.929. The van der Waals surface area contributed by atoms with Crippen LogP contribution in [0.15, 0.2) is 0 Å². The number of carbonyl (C=O) groups excluding carboxylic acids is 1. The van der Waals surface area contributed by atoms with Gasteiger partial charge in [0.25, 0.3) is 0 Å². The molecule has 0 aromatic rings. The highest BCUT2D eigenvalue weighted by atomic mass is 16.2. The molecule has 0 bridgehead atoms. The molecule has 1 amide bonds. The molecule has 2 aliphatic carbocycles. The Labute approximate surface area is 105 Å². The Bertz CT molecular complexity index is 274. The summed E-state index contributed by atoms with van der Waals surface area (Å²) in [4.78, 5) is 14.3. The van der Waals surface area contributed by atoms with E-state index in [4.69, 9.17) is 0 Å². The summed E-state index contributed by atoms with van der Waals surface area (Å²) in [5, 5.41) is 3.39. The Morgan fingerprint density at radius 1 is 1.24 bits per heavy atom. The second-order valence-corrected chi connectivity index (χ2v) is 6.65. The van der Waals surface area contributed by atoms with E-state index in [9.17, 15) is 4.79 Å². The summed E-state index contributed by atoms with van der Waals surface area (Å²) >= 11 is 0. The molecule has 3 heteroatoms. The second kappa shape index (κ2) is 4.97. The van der Waals surface area contributed by atoms with Crippen molar-refractivity contribution in [3.63, 3.8) is 0 Å². The topological polar surface area (TPSA) is 32.3 Å². The zero-order chi connectivity index (χ0) is 12.5. The van der Waals surface area contributed by atoms with Gasteiger partial charge in [-0.15, -0.1) is 0 Å². The lowest BCUT2D eigenvalue weighted by atomic mass is 10.1. The van der Waals surface area contributed by atoms with Gasteiger partial charge < -0.3 is 10.2 Å². The highest BCUT2D eigenvalue weighted by Gasteiger charge is 2.36. The van der Waals surface area contributed by atoms with Crippen LogP contribution in [-0.4, -0.2) is 35.5 Å². The van der Waals surface area contributed by atoms with Crippen LogP contribution in [0.25, 0.3) is 0 Å². The summed E-state index contributed by atoms with van der Waals surface area (Å²) in [5.41, 5.74) is 0.112. The molecule has 0 aromatic heterocycles. The van der Waals surface area contributed by atoms with Crippen molar-refractivity contribution in [3.8, 4) is 0 Å². The van der Waals surface area contributed by atoms with Gasteiger partial charge in [0.2, 0.25) is 5.91 Å². The lowest BCUT2D eigenvalue weighted by molar-refractivity contribution is -0.132. The van der Waals surface area contributed by atoms with Crippen molar-refractivity contribution in [2.24, 2.45) is 5.92 Å². The number of nitrogens with one attached hydrogen (secondary N) is 1. The van der Waals surface area contributed by atoms with Gasteiger partial charge in [-0.1, -0.05) is 0 Å². The van der Waals surface area contributed by atoms with Crippen LogP contribution in [0.3, 0.4) is 0 Å². The maximum atomic E-state index is 12.2. The van der Waals surface area contributed by atoms with E-state index >= 15 is 0 Å². The molecule has 17 heavy (non-hydrogen) atoms. The minimum absolute atomic E-state index is 0.112. The van der Waals surface area contributed by atoms with Crippen LogP contribution in [0.4, 0.5) is 0 Å². The van der Waals surface area contributed by atoms with Gasteiger partial charge in [-0.05, 0) is 52.4 Å². The van der Waals surface area contributed by atoms with Gasteiger partial charge >= 0.3 is 0 Å². The first kappa shape index (κ1) is 12.9. The van der Waals surface area contributed by atoms with Crippen LogP contribution in [0.1, 0.15) is 52.9 Å². The Balaban J connectivity index is 1.72. The van der Waals surface area contributed by atoms with E-state index in [1.807, 2.05) is 0 Å². The van der Waals surface area contributed by atoms with E-state index in [1.54, 1.807) is 0 Å². The lowest BCUT2D eigenvalue weighted by Crippen LogP contribution is -2.40. The Kier molecular flexibility index (Phi) is 3.76. The third kappa shape index (κ3) is 4.66. The summed E-state index contributed by atoms with van der Waals surface area (Å²) in [7, 11) is 0. The van der Waals surface area contributed by atoms with Crippen LogP contribution >= 0.6 is 0 Å². The fourth-order valence-electron chi connectivity index (χ4n) is 2.11. The van der Waals surface area contributed by atoms with E-state index in [0.29, 0.717) is 18.4 Å². The van der Waals surface area contributed by atoms with Crippen molar-refractivity contribution in [2.45, 2.75) is 64.5 Å². The molecule has 2 rings (SSSR count). The summed E-state index contributed by atoms with van der Waals surface area (Å²) < 4.78 is 0. The Morgan fingerprint density at radius 3 is 2.35 bits per heavy atom. The van der Waals surface area contributed by atoms with E-state index < -0.39 is 0 Å². The van der Waals surface area contributed by atoms with Crippen LogP contribution in [-0.2, 0) is 4.79 Å². The van der Waals surface area contributed by atoms with Crippen LogP contribution in [0.5, 0.6) is 0 Å². The van der Waals surface area contributed by atoms with Crippen molar-refractivity contribution < 1.29 is 4.79 Å². The molecule has 3 nitrogen and oxygen atoms in total. The zero-order valence-electron chi connectivity index (χ0n) is 11.5. The molecule has 0 saturated heterocycles. The number of rotatable bonds is 6. The molecule has 0 unspecified atom stereocenters. The molecule has 0 radical (unpaired) electrons. The largest absolute Gasteiger partial charge is 0.339 e. The first-order chi connectivity index (χ1) is 7.96. The standard InChI is InChI=1S/C14H26N2O/c1-14(2,3)15-9-8-13(17)16(12-6-7-12)10-11-4-5-11/h11-12,15H,4-10H2,1-3H3. The van der Waals surface area contributed by atoms with Gasteiger partial charge in [-0.2, -0.15) is 0 Å². The molecule has 0 aliphatic heterocycles. The smallest absolute Gasteiger partial charge is 0.224 e. The van der Waals surface area contributed by atoms with E-state index in [0.717, 1.165) is 19.0 Å². The first-order valence-corrected chi connectivity index (χ1v) is 7.00. The summed E-state index contributed by atoms with van der Waals surface area (Å²) in [5.74, 6) is 1.17. The predicted octanol–water partition coefficient (Wildman–Crippen LogP) is 2.17. The predicted molar refractivity (Wildman–Crippen MR) is 69.8 cm³/mol. The SMILES string of the molecule is CC(C)(C)NCCC(=O)N(CC1CC1)C1CC1. The quantitative estimate of drug-likeness (QED) is 0.769. The number of carbonyl (C=O) groups is 1. The van der Waals surface area contributed by atoms with Gasteiger partial charge in [0.15, 0.2) is 0 Å². The van der Waals surface area contributed by atoms with E-state index in [-0.39, 0.29) is 5.54 Å². The molecule has 2 fully saturated rings. The molecular formula is C14H26N2O. The second-order valence-electron chi connectivity index (χ2n) is 6.65. The molecule has 2 saturated carbocycles. The number of amides is 1. The maximum Gasteiger partial charge on any atom is 0.224 e. The fourth-order valence-corrected chi connectivity index (χ4v) is 2.11. The van der Waals surface area contributed by atoms with Crippen molar-refractivity contribution in [2.75, 3.05) is 13.1 Å². The number of hydrogen-bond acceptors (Lipinski definition) is 2. The van der Waals surface area contributed by atoms with Crippen LogP contribution in [0, 0.1) is 5.92 Å². The average molecular weight is 238 g/mol. The zero-order valence-corrected chi connectivity index (χ0v) is 11.5. The molecule has 0 atom stereocenters. The third-order valence-electron chi connectivity index (χ3n) is 3.45. The molecule has 0 aromatic carbocycles. The van der Waals surface area contributed by atoms with Gasteiger partial charge in [-0.3, -0.25) is 4.79 Å². The minimum Gasteiger partial charge on any atom is -0.339 e. The van der Waals surface area contributed by atoms with Gasteiger partial charge in [-0.25, -0.2) is 0 Å². The van der Waals surface area contributed by atoms with Crippen molar-refractivity contribution in [1.29, 1.82) is 0 Å². The first-order valence-electron chi connectivity index (χ1n) is 7.00. The summed E-state index contributed by atoms with van der Waals surface area (Å²) in [6, 6.07) is 0.581. The molecule has 1 N–H and O–H groups in total.